The second-order valence-electron chi connectivity index (χ2n) is 3.85. The Morgan fingerprint density at radius 1 is 1.56 bits per heavy atom. The molecule has 0 amide bonds. The highest BCUT2D eigenvalue weighted by Crippen LogP contribution is 2.22. The van der Waals surface area contributed by atoms with Crippen molar-refractivity contribution in [2.75, 3.05) is 0 Å². The molecule has 0 fully saturated rings. The van der Waals surface area contributed by atoms with Crippen molar-refractivity contribution >= 4 is 0 Å². The van der Waals surface area contributed by atoms with E-state index in [1.165, 1.54) is 0 Å². The first kappa shape index (κ1) is 10.9. The third-order valence-corrected chi connectivity index (χ3v) is 2.46. The Kier molecular flexibility index (Phi) is 2.78. The Morgan fingerprint density at radius 3 is 2.81 bits per heavy atom. The lowest BCUT2D eigenvalue weighted by Crippen LogP contribution is -2.04. The van der Waals surface area contributed by atoms with Crippen LogP contribution in [0.15, 0.2) is 16.7 Å². The summed E-state index contributed by atoms with van der Waals surface area (Å²) in [5.74, 6) is 1.26. The number of oxazole rings is 1. The first-order valence-corrected chi connectivity index (χ1v) is 5.36. The molecular weight excluding hydrogens is 204 g/mol. The van der Waals surface area contributed by atoms with Crippen LogP contribution in [0.2, 0.25) is 0 Å². The van der Waals surface area contributed by atoms with Crippen LogP contribution in [-0.4, -0.2) is 14.8 Å². The summed E-state index contributed by atoms with van der Waals surface area (Å²) < 4.78 is 7.37. The van der Waals surface area contributed by atoms with Crippen molar-refractivity contribution in [1.29, 1.82) is 0 Å². The number of nitrogens with two attached hydrogens (primary N) is 1. The number of hydrogen-bond donors (Lipinski definition) is 1. The van der Waals surface area contributed by atoms with E-state index in [2.05, 4.69) is 17.0 Å². The van der Waals surface area contributed by atoms with Gasteiger partial charge < -0.3 is 10.2 Å². The molecule has 0 radical (unpaired) electrons. The van der Waals surface area contributed by atoms with Crippen LogP contribution in [0.1, 0.15) is 31.5 Å². The molecule has 2 heterocycles. The minimum absolute atomic E-state index is 0.187. The first-order valence-electron chi connectivity index (χ1n) is 5.36. The van der Waals surface area contributed by atoms with Gasteiger partial charge in [0.25, 0.3) is 0 Å². The summed E-state index contributed by atoms with van der Waals surface area (Å²) in [4.78, 5) is 4.14. The second kappa shape index (κ2) is 4.09. The summed E-state index contributed by atoms with van der Waals surface area (Å²) in [5, 5.41) is 4.36. The van der Waals surface area contributed by atoms with Gasteiger partial charge in [-0.2, -0.15) is 5.10 Å². The Bertz CT molecular complexity index is 484. The Balaban J connectivity index is 2.38. The van der Waals surface area contributed by atoms with Crippen molar-refractivity contribution in [2.24, 2.45) is 12.8 Å². The van der Waals surface area contributed by atoms with E-state index in [4.69, 9.17) is 10.2 Å². The van der Waals surface area contributed by atoms with Gasteiger partial charge in [-0.1, -0.05) is 6.92 Å². The molecule has 0 spiro atoms. The predicted molar refractivity (Wildman–Crippen MR) is 60.7 cm³/mol. The van der Waals surface area contributed by atoms with E-state index in [1.54, 1.807) is 10.9 Å². The van der Waals surface area contributed by atoms with Gasteiger partial charge >= 0.3 is 0 Å². The summed E-state index contributed by atoms with van der Waals surface area (Å²) in [5.41, 5.74) is 7.66. The lowest BCUT2D eigenvalue weighted by Gasteiger charge is -1.98. The van der Waals surface area contributed by atoms with Gasteiger partial charge in [-0.25, -0.2) is 4.98 Å². The highest BCUT2D eigenvalue weighted by Gasteiger charge is 2.13. The lowest BCUT2D eigenvalue weighted by atomic mass is 10.3. The molecule has 0 aliphatic rings. The van der Waals surface area contributed by atoms with Gasteiger partial charge in [-0.3, -0.25) is 4.68 Å². The maximum atomic E-state index is 5.70. The third-order valence-electron chi connectivity index (χ3n) is 2.46. The summed E-state index contributed by atoms with van der Waals surface area (Å²) in [7, 11) is 1.89. The standard InChI is InChI=1S/C11H16N4O/c1-4-8-5-9(15(3)14-8)10-6-13-11(16-10)7(2)12/h5-7H,4,12H2,1-3H3. The SMILES string of the molecule is CCc1cc(-c2cnc(C(C)N)o2)n(C)n1. The number of nitrogens with zero attached hydrogens (tertiary/aromatic N) is 3. The number of aryl methyl sites for hydroxylation is 2. The molecule has 0 saturated carbocycles. The number of hydrogen-bond acceptors (Lipinski definition) is 4. The normalized spacial score (nSPS) is 13.0. The predicted octanol–water partition coefficient (Wildman–Crippen LogP) is 1.66. The van der Waals surface area contributed by atoms with Crippen LogP contribution in [0.5, 0.6) is 0 Å². The van der Waals surface area contributed by atoms with Gasteiger partial charge in [-0.15, -0.1) is 0 Å². The maximum absolute atomic E-state index is 5.70. The van der Waals surface area contributed by atoms with E-state index in [0.717, 1.165) is 17.8 Å². The molecule has 5 heteroatoms. The highest BCUT2D eigenvalue weighted by molar-refractivity contribution is 5.51. The first-order chi connectivity index (χ1) is 7.61. The summed E-state index contributed by atoms with van der Waals surface area (Å²) >= 11 is 0. The fourth-order valence-corrected chi connectivity index (χ4v) is 1.55. The zero-order chi connectivity index (χ0) is 11.7. The zero-order valence-electron chi connectivity index (χ0n) is 9.77. The number of rotatable bonds is 3. The highest BCUT2D eigenvalue weighted by atomic mass is 16.4. The van der Waals surface area contributed by atoms with Crippen molar-refractivity contribution < 1.29 is 4.42 Å². The van der Waals surface area contributed by atoms with Crippen molar-refractivity contribution in [3.8, 4) is 11.5 Å². The van der Waals surface area contributed by atoms with Gasteiger partial charge in [0, 0.05) is 7.05 Å². The molecule has 0 aliphatic heterocycles. The summed E-state index contributed by atoms with van der Waals surface area (Å²) in [6.45, 7) is 3.91. The lowest BCUT2D eigenvalue weighted by molar-refractivity contribution is 0.470. The molecule has 0 bridgehead atoms. The minimum atomic E-state index is -0.187. The second-order valence-corrected chi connectivity index (χ2v) is 3.85. The molecule has 2 aromatic rings. The quantitative estimate of drug-likeness (QED) is 0.854. The van der Waals surface area contributed by atoms with Gasteiger partial charge in [0.2, 0.25) is 5.89 Å². The van der Waals surface area contributed by atoms with E-state index in [9.17, 15) is 0 Å². The van der Waals surface area contributed by atoms with E-state index in [-0.39, 0.29) is 6.04 Å². The monoisotopic (exact) mass is 220 g/mol. The molecule has 1 atom stereocenters. The van der Waals surface area contributed by atoms with Crippen LogP contribution in [-0.2, 0) is 13.5 Å². The Morgan fingerprint density at radius 2 is 2.31 bits per heavy atom. The third kappa shape index (κ3) is 1.86. The summed E-state index contributed by atoms with van der Waals surface area (Å²) in [6, 6.07) is 1.82. The van der Waals surface area contributed by atoms with Crippen LogP contribution in [0.4, 0.5) is 0 Å². The van der Waals surface area contributed by atoms with Gasteiger partial charge in [-0.05, 0) is 19.4 Å². The van der Waals surface area contributed by atoms with Gasteiger partial charge in [0.05, 0.1) is 17.9 Å². The molecule has 0 aromatic carbocycles. The summed E-state index contributed by atoms with van der Waals surface area (Å²) in [6.07, 6.45) is 2.59. The Hall–Kier alpha value is -1.62. The van der Waals surface area contributed by atoms with E-state index in [0.29, 0.717) is 11.7 Å². The molecule has 2 aromatic heterocycles. The van der Waals surface area contributed by atoms with Crippen LogP contribution < -0.4 is 5.73 Å². The van der Waals surface area contributed by atoms with Crippen LogP contribution >= 0.6 is 0 Å². The maximum Gasteiger partial charge on any atom is 0.211 e. The molecule has 86 valence electrons. The molecule has 5 nitrogen and oxygen atoms in total. The van der Waals surface area contributed by atoms with Crippen LogP contribution in [0.25, 0.3) is 11.5 Å². The van der Waals surface area contributed by atoms with Crippen LogP contribution in [0, 0.1) is 0 Å². The van der Waals surface area contributed by atoms with Crippen molar-refractivity contribution in [3.63, 3.8) is 0 Å². The molecule has 0 aliphatic carbocycles. The largest absolute Gasteiger partial charge is 0.437 e. The van der Waals surface area contributed by atoms with Crippen molar-refractivity contribution in [2.45, 2.75) is 26.3 Å². The molecular formula is C11H16N4O. The zero-order valence-corrected chi connectivity index (χ0v) is 9.77. The smallest absolute Gasteiger partial charge is 0.211 e. The van der Waals surface area contributed by atoms with Gasteiger partial charge in [0.1, 0.15) is 5.69 Å². The minimum Gasteiger partial charge on any atom is -0.437 e. The van der Waals surface area contributed by atoms with Crippen LogP contribution in [0.3, 0.4) is 0 Å². The molecule has 0 saturated heterocycles. The van der Waals surface area contributed by atoms with E-state index >= 15 is 0 Å². The average molecular weight is 220 g/mol. The van der Waals surface area contributed by atoms with Gasteiger partial charge in [0.15, 0.2) is 5.76 Å². The topological polar surface area (TPSA) is 69.9 Å². The Labute approximate surface area is 94.3 Å². The fraction of sp³-hybridized carbons (Fsp3) is 0.455. The fourth-order valence-electron chi connectivity index (χ4n) is 1.55. The van der Waals surface area contributed by atoms with Crippen molar-refractivity contribution in [1.82, 2.24) is 14.8 Å². The average Bonchev–Trinajstić information content (AvgIpc) is 2.83. The van der Waals surface area contributed by atoms with Crippen molar-refractivity contribution in [3.05, 3.63) is 23.8 Å². The van der Waals surface area contributed by atoms with E-state index < -0.39 is 0 Å². The molecule has 16 heavy (non-hydrogen) atoms. The van der Waals surface area contributed by atoms with E-state index in [1.807, 2.05) is 20.0 Å². The molecule has 2 N–H and O–H groups in total. The molecule has 2 rings (SSSR count). The molecule has 1 unspecified atom stereocenters. The number of aromatic nitrogens is 3.